The highest BCUT2D eigenvalue weighted by Gasteiger charge is 2.28. The van der Waals surface area contributed by atoms with Gasteiger partial charge in [0.1, 0.15) is 6.61 Å². The molecule has 2 N–H and O–H groups in total. The van der Waals surface area contributed by atoms with Crippen LogP contribution in [0.4, 0.5) is 0 Å². The summed E-state index contributed by atoms with van der Waals surface area (Å²) in [6, 6.07) is 14.2. The van der Waals surface area contributed by atoms with Gasteiger partial charge in [-0.3, -0.25) is 20.4 Å². The van der Waals surface area contributed by atoms with E-state index in [2.05, 4.69) is 16.0 Å². The van der Waals surface area contributed by atoms with E-state index in [9.17, 15) is 9.59 Å². The van der Waals surface area contributed by atoms with Crippen LogP contribution in [0.15, 0.2) is 54.7 Å². The number of ether oxygens (including phenoxy) is 2. The van der Waals surface area contributed by atoms with Gasteiger partial charge in [-0.25, -0.2) is 4.68 Å². The standard InChI is InChI=1S/C20H17ClN4O4/c1-12-15(10-22-25(12)14-6-4-5-13(21)9-14)19(26)23-24-20(27)18-11-28-16-7-2-3-8-17(16)29-18/h2-10,18H,11H2,1H3,(H,23,26)(H,24,27). The van der Waals surface area contributed by atoms with Gasteiger partial charge >= 0.3 is 0 Å². The minimum absolute atomic E-state index is 0.0461. The zero-order valence-electron chi connectivity index (χ0n) is 15.4. The zero-order valence-corrected chi connectivity index (χ0v) is 16.1. The highest BCUT2D eigenvalue weighted by atomic mass is 35.5. The third kappa shape index (κ3) is 3.88. The van der Waals surface area contributed by atoms with E-state index in [1.54, 1.807) is 48.0 Å². The number of hydrogen-bond donors (Lipinski definition) is 2. The summed E-state index contributed by atoms with van der Waals surface area (Å²) in [5.74, 6) is 0.0301. The first-order valence-corrected chi connectivity index (χ1v) is 9.20. The number of rotatable bonds is 3. The second-order valence-corrected chi connectivity index (χ2v) is 6.78. The fourth-order valence-electron chi connectivity index (χ4n) is 2.92. The summed E-state index contributed by atoms with van der Waals surface area (Å²) in [6.07, 6.45) is 0.550. The molecule has 0 bridgehead atoms. The molecule has 0 fully saturated rings. The van der Waals surface area contributed by atoms with Crippen LogP contribution in [0.3, 0.4) is 0 Å². The lowest BCUT2D eigenvalue weighted by molar-refractivity contribution is -0.131. The van der Waals surface area contributed by atoms with Crippen molar-refractivity contribution in [1.82, 2.24) is 20.6 Å². The minimum atomic E-state index is -0.875. The Hall–Kier alpha value is -3.52. The molecule has 0 radical (unpaired) electrons. The molecule has 0 saturated heterocycles. The van der Waals surface area contributed by atoms with Gasteiger partial charge < -0.3 is 9.47 Å². The SMILES string of the molecule is Cc1c(C(=O)NNC(=O)C2COc3ccccc3O2)cnn1-c1cccc(Cl)c1. The number of hydrogen-bond acceptors (Lipinski definition) is 5. The van der Waals surface area contributed by atoms with E-state index in [0.29, 0.717) is 27.8 Å². The molecule has 1 atom stereocenters. The Morgan fingerprint density at radius 2 is 1.93 bits per heavy atom. The zero-order chi connectivity index (χ0) is 20.4. The van der Waals surface area contributed by atoms with Crippen LogP contribution in [0.5, 0.6) is 11.5 Å². The van der Waals surface area contributed by atoms with Gasteiger partial charge in [-0.15, -0.1) is 0 Å². The van der Waals surface area contributed by atoms with E-state index in [4.69, 9.17) is 21.1 Å². The van der Waals surface area contributed by atoms with Gasteiger partial charge in [0.15, 0.2) is 11.5 Å². The number of aromatic nitrogens is 2. The van der Waals surface area contributed by atoms with E-state index >= 15 is 0 Å². The lowest BCUT2D eigenvalue weighted by Crippen LogP contribution is -2.50. The van der Waals surface area contributed by atoms with Crippen molar-refractivity contribution >= 4 is 23.4 Å². The maximum Gasteiger partial charge on any atom is 0.283 e. The lowest BCUT2D eigenvalue weighted by atomic mass is 10.2. The van der Waals surface area contributed by atoms with E-state index in [1.807, 2.05) is 12.1 Å². The molecule has 0 spiro atoms. The molecule has 9 heteroatoms. The first kappa shape index (κ1) is 18.8. The van der Waals surface area contributed by atoms with Crippen molar-refractivity contribution in [3.05, 3.63) is 71.0 Å². The van der Waals surface area contributed by atoms with Gasteiger partial charge in [-0.05, 0) is 37.3 Å². The molecule has 148 valence electrons. The van der Waals surface area contributed by atoms with Crippen molar-refractivity contribution in [3.8, 4) is 17.2 Å². The Morgan fingerprint density at radius 3 is 2.72 bits per heavy atom. The predicted molar refractivity (Wildman–Crippen MR) is 105 cm³/mol. The minimum Gasteiger partial charge on any atom is -0.485 e. The summed E-state index contributed by atoms with van der Waals surface area (Å²) < 4.78 is 12.7. The number of para-hydroxylation sites is 2. The molecule has 0 saturated carbocycles. The van der Waals surface area contributed by atoms with Crippen molar-refractivity contribution < 1.29 is 19.1 Å². The first-order chi connectivity index (χ1) is 14.0. The molecular weight excluding hydrogens is 396 g/mol. The summed E-state index contributed by atoms with van der Waals surface area (Å²) >= 11 is 6.02. The molecule has 1 unspecified atom stereocenters. The molecule has 8 nitrogen and oxygen atoms in total. The molecule has 3 aromatic rings. The van der Waals surface area contributed by atoms with Crippen molar-refractivity contribution in [2.24, 2.45) is 0 Å². The molecule has 4 rings (SSSR count). The van der Waals surface area contributed by atoms with Crippen LogP contribution in [0.2, 0.25) is 5.02 Å². The van der Waals surface area contributed by atoms with E-state index in [0.717, 1.165) is 5.69 Å². The van der Waals surface area contributed by atoms with Gasteiger partial charge in [0.2, 0.25) is 6.10 Å². The molecule has 1 aromatic heterocycles. The highest BCUT2D eigenvalue weighted by molar-refractivity contribution is 6.30. The third-order valence-electron chi connectivity index (χ3n) is 4.41. The van der Waals surface area contributed by atoms with Gasteiger partial charge in [0.05, 0.1) is 23.1 Å². The monoisotopic (exact) mass is 412 g/mol. The Labute approximate surface area is 171 Å². The third-order valence-corrected chi connectivity index (χ3v) is 4.64. The van der Waals surface area contributed by atoms with Gasteiger partial charge in [0, 0.05) is 5.02 Å². The van der Waals surface area contributed by atoms with Crippen LogP contribution >= 0.6 is 11.6 Å². The molecular formula is C20H17ClN4O4. The summed E-state index contributed by atoms with van der Waals surface area (Å²) in [5.41, 5.74) is 6.39. The number of fused-ring (bicyclic) bond motifs is 1. The summed E-state index contributed by atoms with van der Waals surface area (Å²) in [4.78, 5) is 24.8. The smallest absolute Gasteiger partial charge is 0.283 e. The predicted octanol–water partition coefficient (Wildman–Crippen LogP) is 2.44. The van der Waals surface area contributed by atoms with Gasteiger partial charge in [-0.1, -0.05) is 29.8 Å². The molecule has 2 heterocycles. The largest absolute Gasteiger partial charge is 0.485 e. The second kappa shape index (κ2) is 7.84. The summed E-state index contributed by atoms with van der Waals surface area (Å²) in [6.45, 7) is 1.80. The summed E-state index contributed by atoms with van der Waals surface area (Å²) in [5, 5.41) is 4.79. The highest BCUT2D eigenvalue weighted by Crippen LogP contribution is 2.30. The van der Waals surface area contributed by atoms with E-state index in [-0.39, 0.29) is 6.61 Å². The Balaban J connectivity index is 1.40. The Kier molecular flexibility index (Phi) is 5.09. The van der Waals surface area contributed by atoms with Crippen LogP contribution in [0.1, 0.15) is 16.1 Å². The number of nitrogens with one attached hydrogen (secondary N) is 2. The molecule has 1 aliphatic heterocycles. The van der Waals surface area contributed by atoms with Gasteiger partial charge in [0.25, 0.3) is 11.8 Å². The van der Waals surface area contributed by atoms with E-state index in [1.165, 1.54) is 6.20 Å². The van der Waals surface area contributed by atoms with Crippen LogP contribution in [0.25, 0.3) is 5.69 Å². The second-order valence-electron chi connectivity index (χ2n) is 6.34. The van der Waals surface area contributed by atoms with Gasteiger partial charge in [-0.2, -0.15) is 5.10 Å². The number of amides is 2. The molecule has 2 aromatic carbocycles. The Morgan fingerprint density at radius 1 is 1.14 bits per heavy atom. The molecule has 0 aliphatic carbocycles. The van der Waals surface area contributed by atoms with Crippen molar-refractivity contribution in [2.75, 3.05) is 6.61 Å². The maximum atomic E-state index is 12.5. The van der Waals surface area contributed by atoms with Crippen LogP contribution in [0, 0.1) is 6.92 Å². The van der Waals surface area contributed by atoms with Crippen LogP contribution in [-0.2, 0) is 4.79 Å². The normalized spacial score (nSPS) is 14.9. The number of nitrogens with zero attached hydrogens (tertiary/aromatic N) is 2. The number of hydrazine groups is 1. The topological polar surface area (TPSA) is 94.5 Å². The lowest BCUT2D eigenvalue weighted by Gasteiger charge is -2.25. The number of carbonyl (C=O) groups is 2. The maximum absolute atomic E-state index is 12.5. The summed E-state index contributed by atoms with van der Waals surface area (Å²) in [7, 11) is 0. The van der Waals surface area contributed by atoms with Crippen LogP contribution < -0.4 is 20.3 Å². The fraction of sp³-hybridized carbons (Fsp3) is 0.150. The quantitative estimate of drug-likeness (QED) is 0.644. The molecule has 29 heavy (non-hydrogen) atoms. The fourth-order valence-corrected chi connectivity index (χ4v) is 3.10. The molecule has 2 amide bonds. The van der Waals surface area contributed by atoms with E-state index < -0.39 is 17.9 Å². The van der Waals surface area contributed by atoms with Crippen molar-refractivity contribution in [3.63, 3.8) is 0 Å². The van der Waals surface area contributed by atoms with Crippen molar-refractivity contribution in [1.29, 1.82) is 0 Å². The van der Waals surface area contributed by atoms with Crippen molar-refractivity contribution in [2.45, 2.75) is 13.0 Å². The molecule has 1 aliphatic rings. The number of benzene rings is 2. The average Bonchev–Trinajstić information content (AvgIpc) is 3.12. The number of halogens is 1. The first-order valence-electron chi connectivity index (χ1n) is 8.82. The van der Waals surface area contributed by atoms with Crippen LogP contribution in [-0.4, -0.2) is 34.3 Å². The number of carbonyl (C=O) groups excluding carboxylic acids is 2. The average molecular weight is 413 g/mol. The Bertz CT molecular complexity index is 1080.